The number of hydrogen-bond donors (Lipinski definition) is 5. The summed E-state index contributed by atoms with van der Waals surface area (Å²) in [5.41, 5.74) is 0.0278. The second-order valence-electron chi connectivity index (χ2n) is 8.26. The number of anilines is 1. The van der Waals surface area contributed by atoms with E-state index in [1.54, 1.807) is 0 Å². The first-order valence-corrected chi connectivity index (χ1v) is 10.7. The maximum absolute atomic E-state index is 13.2. The lowest BCUT2D eigenvalue weighted by molar-refractivity contribution is -0.137. The van der Waals surface area contributed by atoms with Crippen LogP contribution in [0.1, 0.15) is 57.8 Å². The number of carbonyl (C=O) groups excluding carboxylic acids is 1. The Balaban J connectivity index is 1.79. The van der Waals surface area contributed by atoms with Crippen LogP contribution in [0.25, 0.3) is 0 Å². The van der Waals surface area contributed by atoms with E-state index >= 15 is 0 Å². The highest BCUT2D eigenvalue weighted by molar-refractivity contribution is 5.93. The van der Waals surface area contributed by atoms with Gasteiger partial charge in [0.05, 0.1) is 12.2 Å². The number of aliphatic carboxylic acids is 1. The van der Waals surface area contributed by atoms with Crippen LogP contribution in [0.2, 0.25) is 0 Å². The van der Waals surface area contributed by atoms with E-state index in [0.717, 1.165) is 31.4 Å². The van der Waals surface area contributed by atoms with Crippen LogP contribution in [0.3, 0.4) is 0 Å². The van der Waals surface area contributed by atoms with E-state index < -0.39 is 41.8 Å². The van der Waals surface area contributed by atoms with Crippen molar-refractivity contribution < 1.29 is 38.8 Å². The molecular weight excluding hydrogens is 412 g/mol. The Morgan fingerprint density at radius 3 is 2.29 bits per heavy atom. The van der Waals surface area contributed by atoms with E-state index in [1.807, 2.05) is 0 Å². The molecule has 1 aliphatic carbocycles. The summed E-state index contributed by atoms with van der Waals surface area (Å²) in [5.74, 6) is -4.15. The molecule has 9 heteroatoms. The smallest absolute Gasteiger partial charge is 0.303 e. The summed E-state index contributed by atoms with van der Waals surface area (Å²) in [7, 11) is 0. The molecule has 31 heavy (non-hydrogen) atoms. The predicted octanol–water partition coefficient (Wildman–Crippen LogP) is 2.83. The van der Waals surface area contributed by atoms with Crippen molar-refractivity contribution in [1.82, 2.24) is 0 Å². The molecule has 0 heterocycles. The van der Waals surface area contributed by atoms with Gasteiger partial charge >= 0.3 is 5.97 Å². The lowest BCUT2D eigenvalue weighted by atomic mass is 9.85. The van der Waals surface area contributed by atoms with Crippen LogP contribution in [-0.2, 0) is 9.59 Å². The van der Waals surface area contributed by atoms with Crippen molar-refractivity contribution in [3.63, 3.8) is 0 Å². The highest BCUT2D eigenvalue weighted by Crippen LogP contribution is 2.39. The highest BCUT2D eigenvalue weighted by atomic mass is 19.2. The van der Waals surface area contributed by atoms with E-state index in [2.05, 4.69) is 5.32 Å². The number of rotatable bonds is 12. The van der Waals surface area contributed by atoms with Gasteiger partial charge in [0.1, 0.15) is 6.10 Å². The molecule has 1 amide bonds. The Morgan fingerprint density at radius 1 is 1.00 bits per heavy atom. The molecule has 1 aromatic rings. The topological polar surface area (TPSA) is 127 Å². The molecule has 0 spiro atoms. The van der Waals surface area contributed by atoms with Gasteiger partial charge in [0.25, 0.3) is 5.91 Å². The van der Waals surface area contributed by atoms with Crippen LogP contribution < -0.4 is 5.32 Å². The summed E-state index contributed by atoms with van der Waals surface area (Å²) in [6.07, 6.45) is 1.67. The SMILES string of the molecule is O=C(O)CCCCCC[C@@H]1C(CCC(O)C(=O)Nc2ccc(F)c(F)c2)[C@H](O)C[C@@H]1O. The van der Waals surface area contributed by atoms with Crippen molar-refractivity contribution in [2.24, 2.45) is 11.8 Å². The lowest BCUT2D eigenvalue weighted by Gasteiger charge is -2.24. The van der Waals surface area contributed by atoms with Gasteiger partial charge < -0.3 is 25.7 Å². The number of aliphatic hydroxyl groups excluding tert-OH is 3. The molecule has 5 atom stereocenters. The Bertz CT molecular complexity index is 747. The Labute approximate surface area is 180 Å². The second-order valence-corrected chi connectivity index (χ2v) is 8.26. The molecule has 2 rings (SSSR count). The van der Waals surface area contributed by atoms with Crippen LogP contribution in [0.15, 0.2) is 18.2 Å². The molecule has 1 aromatic carbocycles. The fourth-order valence-corrected chi connectivity index (χ4v) is 4.27. The number of unbranched alkanes of at least 4 members (excludes halogenated alkanes) is 3. The molecule has 0 radical (unpaired) electrons. The van der Waals surface area contributed by atoms with Crippen molar-refractivity contribution in [2.75, 3.05) is 5.32 Å². The van der Waals surface area contributed by atoms with E-state index in [1.165, 1.54) is 6.07 Å². The fraction of sp³-hybridized carbons (Fsp3) is 0.636. The number of carbonyl (C=O) groups is 2. The van der Waals surface area contributed by atoms with E-state index in [4.69, 9.17) is 5.11 Å². The first-order valence-electron chi connectivity index (χ1n) is 10.7. The summed E-state index contributed by atoms with van der Waals surface area (Å²) in [4.78, 5) is 22.7. The number of benzene rings is 1. The number of nitrogens with one attached hydrogen (secondary N) is 1. The fourth-order valence-electron chi connectivity index (χ4n) is 4.27. The maximum Gasteiger partial charge on any atom is 0.303 e. The van der Waals surface area contributed by atoms with E-state index in [0.29, 0.717) is 19.3 Å². The van der Waals surface area contributed by atoms with Gasteiger partial charge in [-0.25, -0.2) is 8.78 Å². The molecule has 0 aliphatic heterocycles. The van der Waals surface area contributed by atoms with Gasteiger partial charge in [-0.3, -0.25) is 9.59 Å². The molecule has 1 aliphatic rings. The molecule has 0 saturated heterocycles. The number of carboxylic acid groups (broad SMARTS) is 1. The Morgan fingerprint density at radius 2 is 1.65 bits per heavy atom. The van der Waals surface area contributed by atoms with Crippen molar-refractivity contribution >= 4 is 17.6 Å². The molecule has 5 N–H and O–H groups in total. The predicted molar refractivity (Wildman–Crippen MR) is 109 cm³/mol. The van der Waals surface area contributed by atoms with Gasteiger partial charge in [0.2, 0.25) is 0 Å². The van der Waals surface area contributed by atoms with Gasteiger partial charge in [-0.15, -0.1) is 0 Å². The lowest BCUT2D eigenvalue weighted by Crippen LogP contribution is -2.30. The van der Waals surface area contributed by atoms with Gasteiger partial charge in [-0.05, 0) is 56.1 Å². The van der Waals surface area contributed by atoms with E-state index in [-0.39, 0.29) is 36.8 Å². The molecule has 1 fully saturated rings. The molecule has 0 bridgehead atoms. The van der Waals surface area contributed by atoms with E-state index in [9.17, 15) is 33.7 Å². The third kappa shape index (κ3) is 7.83. The van der Waals surface area contributed by atoms with Crippen LogP contribution in [0, 0.1) is 23.5 Å². The minimum atomic E-state index is -1.39. The highest BCUT2D eigenvalue weighted by Gasteiger charge is 2.41. The van der Waals surface area contributed by atoms with Crippen LogP contribution >= 0.6 is 0 Å². The average Bonchev–Trinajstić information content (AvgIpc) is 2.97. The second kappa shape index (κ2) is 12.1. The first-order chi connectivity index (χ1) is 14.7. The molecular formula is C22H31F2NO6. The van der Waals surface area contributed by atoms with Gasteiger partial charge in [0.15, 0.2) is 11.6 Å². The van der Waals surface area contributed by atoms with Gasteiger partial charge in [0, 0.05) is 18.2 Å². The van der Waals surface area contributed by atoms with Gasteiger partial charge in [-0.2, -0.15) is 0 Å². The zero-order valence-electron chi connectivity index (χ0n) is 17.3. The standard InChI is InChI=1S/C22H31F2NO6/c23-16-9-7-13(11-17(16)24)25-22(31)18(26)10-8-15-14(19(27)12-20(15)28)5-3-1-2-4-6-21(29)30/h7,9,11,14-15,18-20,26-28H,1-6,8,10,12H2,(H,25,31)(H,29,30)/t14-,15?,18?,19+,20-/m1/s1. The number of hydrogen-bond acceptors (Lipinski definition) is 5. The zero-order chi connectivity index (χ0) is 23.0. The first kappa shape index (κ1) is 25.2. The molecule has 7 nitrogen and oxygen atoms in total. The minimum absolute atomic E-state index is 0.0278. The summed E-state index contributed by atoms with van der Waals surface area (Å²) in [6.45, 7) is 0. The molecule has 2 unspecified atom stereocenters. The summed E-state index contributed by atoms with van der Waals surface area (Å²) < 4.78 is 26.2. The number of amides is 1. The third-order valence-electron chi connectivity index (χ3n) is 5.96. The minimum Gasteiger partial charge on any atom is -0.481 e. The van der Waals surface area contributed by atoms with Crippen LogP contribution in [0.4, 0.5) is 14.5 Å². The largest absolute Gasteiger partial charge is 0.481 e. The monoisotopic (exact) mass is 443 g/mol. The average molecular weight is 443 g/mol. The Kier molecular flexibility index (Phi) is 9.80. The Hall–Kier alpha value is -2.10. The van der Waals surface area contributed by atoms with Crippen LogP contribution in [0.5, 0.6) is 0 Å². The van der Waals surface area contributed by atoms with Gasteiger partial charge in [-0.1, -0.05) is 19.3 Å². The number of halogens is 2. The zero-order valence-corrected chi connectivity index (χ0v) is 17.3. The van der Waals surface area contributed by atoms with Crippen molar-refractivity contribution in [2.45, 2.75) is 76.1 Å². The summed E-state index contributed by atoms with van der Waals surface area (Å²) in [5, 5.41) is 41.7. The quantitative estimate of drug-likeness (QED) is 0.316. The van der Waals surface area contributed by atoms with Crippen molar-refractivity contribution in [3.05, 3.63) is 29.8 Å². The summed E-state index contributed by atoms with van der Waals surface area (Å²) in [6, 6.07) is 2.88. The maximum atomic E-state index is 13.2. The molecule has 1 saturated carbocycles. The summed E-state index contributed by atoms with van der Waals surface area (Å²) >= 11 is 0. The number of aliphatic hydroxyl groups is 3. The van der Waals surface area contributed by atoms with Crippen molar-refractivity contribution in [1.29, 1.82) is 0 Å². The van der Waals surface area contributed by atoms with Crippen molar-refractivity contribution in [3.8, 4) is 0 Å². The molecule has 0 aromatic heterocycles. The third-order valence-corrected chi connectivity index (χ3v) is 5.96. The molecule has 174 valence electrons. The normalized spacial score (nSPS) is 24.2. The van der Waals surface area contributed by atoms with Crippen LogP contribution in [-0.4, -0.2) is 50.6 Å². The number of carboxylic acids is 1.